The molecule has 2 aromatic heterocycles. The molecule has 0 aromatic carbocycles. The molecule has 18 heteroatoms. The van der Waals surface area contributed by atoms with Crippen LogP contribution in [0.15, 0.2) is 12.5 Å². The van der Waals surface area contributed by atoms with E-state index in [9.17, 15) is 18.6 Å². The smallest absolute Gasteiger partial charge is 0.382 e. The molecule has 0 fully saturated rings. The number of anilines is 1. The van der Waals surface area contributed by atoms with Crippen molar-refractivity contribution in [3.8, 4) is 0 Å². The first-order chi connectivity index (χ1) is 12.3. The van der Waals surface area contributed by atoms with E-state index in [1.165, 1.54) is 24.0 Å². The van der Waals surface area contributed by atoms with Crippen LogP contribution in [0, 0.1) is 0 Å². The fraction of sp³-hybridized carbons (Fsp3) is 0.444. The summed E-state index contributed by atoms with van der Waals surface area (Å²) in [7, 11) is -15.8. The van der Waals surface area contributed by atoms with Crippen LogP contribution < -0.4 is 5.73 Å². The topological polar surface area (TPSA) is 229 Å². The first kappa shape index (κ1) is 22.1. The molecule has 0 radical (unpaired) electrons. The van der Waals surface area contributed by atoms with Gasteiger partial charge in [-0.3, -0.25) is 4.57 Å². The number of imidazole rings is 1. The third-order valence-electron chi connectivity index (χ3n) is 2.87. The predicted octanol–water partition coefficient (Wildman–Crippen LogP) is 0.0233. The second-order valence-electron chi connectivity index (χ2n) is 5.19. The summed E-state index contributed by atoms with van der Waals surface area (Å²) in [5.74, 6) is 0.604. The molecular weight excluding hydrogens is 431 g/mol. The van der Waals surface area contributed by atoms with Crippen LogP contribution in [-0.4, -0.2) is 51.6 Å². The summed E-state index contributed by atoms with van der Waals surface area (Å²) < 4.78 is 47.4. The van der Waals surface area contributed by atoms with Crippen molar-refractivity contribution in [1.29, 1.82) is 0 Å². The van der Waals surface area contributed by atoms with Crippen molar-refractivity contribution in [2.45, 2.75) is 19.4 Å². The second-order valence-corrected chi connectivity index (χ2v) is 9.94. The highest BCUT2D eigenvalue weighted by molar-refractivity contribution is 7.68. The van der Waals surface area contributed by atoms with Gasteiger partial charge in [0.25, 0.3) is 0 Å². The quantitative estimate of drug-likeness (QED) is 0.319. The van der Waals surface area contributed by atoms with Crippen LogP contribution in [-0.2, 0) is 33.5 Å². The zero-order valence-corrected chi connectivity index (χ0v) is 16.3. The summed E-state index contributed by atoms with van der Waals surface area (Å²) in [6.07, 6.45) is 0.981. The lowest BCUT2D eigenvalue weighted by Crippen LogP contribution is -2.16. The molecule has 0 amide bonds. The zero-order valence-electron chi connectivity index (χ0n) is 13.6. The van der Waals surface area contributed by atoms with Gasteiger partial charge in [0, 0.05) is 6.42 Å². The molecule has 0 aliphatic rings. The third-order valence-corrected chi connectivity index (χ3v) is 6.87. The van der Waals surface area contributed by atoms with E-state index in [0.29, 0.717) is 11.3 Å². The molecule has 0 aliphatic heterocycles. The fourth-order valence-electron chi connectivity index (χ4n) is 1.90. The van der Waals surface area contributed by atoms with Crippen LogP contribution in [0.25, 0.3) is 5.52 Å². The maximum Gasteiger partial charge on any atom is 0.488 e. The van der Waals surface area contributed by atoms with Gasteiger partial charge in [0.1, 0.15) is 24.0 Å². The summed E-state index contributed by atoms with van der Waals surface area (Å²) in [6.45, 7) is 1.51. The monoisotopic (exact) mass is 447 g/mol. The fourth-order valence-corrected chi connectivity index (χ4v) is 5.29. The molecule has 27 heavy (non-hydrogen) atoms. The van der Waals surface area contributed by atoms with E-state index in [0.717, 1.165) is 0 Å². The summed E-state index contributed by atoms with van der Waals surface area (Å²) in [4.78, 5) is 43.4. The lowest BCUT2D eigenvalue weighted by atomic mass is 10.3. The molecule has 6 N–H and O–H groups in total. The van der Waals surface area contributed by atoms with E-state index in [4.69, 9.17) is 25.2 Å². The standard InChI is InChI=1S/C9H16N5O10P3/c1-6(2-8-11-3-7-9(10)12-4-13-14(7)8)22-5-25(15,16)23-27(20,21)24-26(17,18)19/h3-4,6H,2,5H2,1H3,(H,15,16)(H,20,21)(H2,10,12,13)(H2,17,18,19). The molecule has 2 aromatic rings. The van der Waals surface area contributed by atoms with E-state index in [2.05, 4.69) is 23.7 Å². The van der Waals surface area contributed by atoms with Gasteiger partial charge in [-0.2, -0.15) is 9.41 Å². The highest BCUT2D eigenvalue weighted by atomic mass is 31.3. The minimum atomic E-state index is -5.49. The summed E-state index contributed by atoms with van der Waals surface area (Å²) in [5, 5.41) is 3.96. The number of rotatable bonds is 9. The van der Waals surface area contributed by atoms with Crippen LogP contribution in [0.5, 0.6) is 0 Å². The van der Waals surface area contributed by atoms with Crippen LogP contribution in [0.2, 0.25) is 0 Å². The molecule has 0 saturated heterocycles. The highest BCUT2D eigenvalue weighted by Gasteiger charge is 2.39. The van der Waals surface area contributed by atoms with Gasteiger partial charge in [0.05, 0.1) is 12.3 Å². The van der Waals surface area contributed by atoms with Gasteiger partial charge in [-0.15, -0.1) is 0 Å². The Morgan fingerprint density at radius 1 is 1.19 bits per heavy atom. The molecule has 0 bridgehead atoms. The van der Waals surface area contributed by atoms with Gasteiger partial charge in [-0.25, -0.2) is 27.9 Å². The summed E-state index contributed by atoms with van der Waals surface area (Å²) in [6, 6.07) is 0. The Morgan fingerprint density at radius 3 is 2.48 bits per heavy atom. The zero-order chi connectivity index (χ0) is 20.5. The predicted molar refractivity (Wildman–Crippen MR) is 88.2 cm³/mol. The maximum absolute atomic E-state index is 11.8. The lowest BCUT2D eigenvalue weighted by molar-refractivity contribution is 0.0860. The van der Waals surface area contributed by atoms with E-state index in [-0.39, 0.29) is 12.2 Å². The number of nitrogen functional groups attached to an aromatic ring is 1. The molecule has 2 rings (SSSR count). The number of nitrogens with two attached hydrogens (primary N) is 1. The number of fused-ring (bicyclic) bond motifs is 1. The minimum Gasteiger partial charge on any atom is -0.382 e. The average Bonchev–Trinajstić information content (AvgIpc) is 2.86. The SMILES string of the molecule is CC(Cc1ncc2c(N)ncnn12)OCP(=O)(O)OP(=O)(O)OP(=O)(O)O. The van der Waals surface area contributed by atoms with Crippen molar-refractivity contribution in [2.24, 2.45) is 0 Å². The van der Waals surface area contributed by atoms with Gasteiger partial charge in [0.2, 0.25) is 0 Å². The molecular formula is C9H16N5O10P3. The second kappa shape index (κ2) is 8.02. The Morgan fingerprint density at radius 2 is 1.85 bits per heavy atom. The van der Waals surface area contributed by atoms with Gasteiger partial charge in [-0.05, 0) is 6.92 Å². The van der Waals surface area contributed by atoms with Crippen molar-refractivity contribution in [2.75, 3.05) is 12.1 Å². The molecule has 0 spiro atoms. The van der Waals surface area contributed by atoms with Gasteiger partial charge in [0.15, 0.2) is 5.82 Å². The number of aromatic nitrogens is 4. The van der Waals surface area contributed by atoms with Crippen molar-refractivity contribution in [1.82, 2.24) is 19.6 Å². The molecule has 0 saturated carbocycles. The van der Waals surface area contributed by atoms with E-state index < -0.39 is 35.7 Å². The maximum atomic E-state index is 11.8. The van der Waals surface area contributed by atoms with Crippen LogP contribution >= 0.6 is 23.2 Å². The highest BCUT2D eigenvalue weighted by Crippen LogP contribution is 2.65. The molecule has 3 atom stereocenters. The number of ether oxygens (including phenoxy) is 1. The Labute approximate surface area is 151 Å². The van der Waals surface area contributed by atoms with Gasteiger partial charge >= 0.3 is 23.2 Å². The van der Waals surface area contributed by atoms with Crippen molar-refractivity contribution in [3.05, 3.63) is 18.3 Å². The largest absolute Gasteiger partial charge is 0.488 e. The van der Waals surface area contributed by atoms with Crippen LogP contribution in [0.1, 0.15) is 12.7 Å². The third kappa shape index (κ3) is 6.70. The average molecular weight is 447 g/mol. The minimum absolute atomic E-state index is 0.111. The number of hydrogen-bond donors (Lipinski definition) is 5. The van der Waals surface area contributed by atoms with Crippen molar-refractivity contribution in [3.63, 3.8) is 0 Å². The molecule has 3 unspecified atom stereocenters. The Balaban J connectivity index is 1.96. The Bertz CT molecular complexity index is 959. The Hall–Kier alpha value is -1.24. The van der Waals surface area contributed by atoms with Crippen LogP contribution in [0.3, 0.4) is 0 Å². The summed E-state index contributed by atoms with van der Waals surface area (Å²) in [5.41, 5.74) is 6.12. The number of hydrogen-bond acceptors (Lipinski definition) is 10. The first-order valence-electron chi connectivity index (χ1n) is 6.95. The van der Waals surface area contributed by atoms with Gasteiger partial charge < -0.3 is 30.0 Å². The van der Waals surface area contributed by atoms with E-state index in [1.54, 1.807) is 0 Å². The summed E-state index contributed by atoms with van der Waals surface area (Å²) >= 11 is 0. The van der Waals surface area contributed by atoms with Crippen molar-refractivity contribution >= 4 is 34.6 Å². The van der Waals surface area contributed by atoms with Crippen LogP contribution in [0.4, 0.5) is 5.82 Å². The molecule has 15 nitrogen and oxygen atoms in total. The lowest BCUT2D eigenvalue weighted by Gasteiger charge is -2.18. The van der Waals surface area contributed by atoms with E-state index >= 15 is 0 Å². The number of nitrogens with zero attached hydrogens (tertiary/aromatic N) is 4. The molecule has 2 heterocycles. The number of phosphoric acid groups is 2. The van der Waals surface area contributed by atoms with E-state index in [1.807, 2.05) is 0 Å². The first-order valence-corrected chi connectivity index (χ1v) is 11.7. The van der Waals surface area contributed by atoms with Crippen molar-refractivity contribution < 1.29 is 46.6 Å². The Kier molecular flexibility index (Phi) is 6.55. The normalized spacial score (nSPS) is 18.1. The molecule has 152 valence electrons. The molecule has 0 aliphatic carbocycles. The van der Waals surface area contributed by atoms with Gasteiger partial charge in [-0.1, -0.05) is 0 Å².